The molecule has 2 nitrogen and oxygen atoms in total. The molecule has 0 bridgehead atoms. The first-order chi connectivity index (χ1) is 9.00. The number of hydrogen-bond acceptors (Lipinski definition) is 2. The molecule has 0 atom stereocenters. The number of hydrogen-bond donors (Lipinski definition) is 0. The van der Waals surface area contributed by atoms with Gasteiger partial charge in [0.05, 0.1) is 5.19 Å². The van der Waals surface area contributed by atoms with Crippen LogP contribution >= 0.6 is 0 Å². The van der Waals surface area contributed by atoms with E-state index in [1.54, 1.807) is 0 Å². The Hall–Kier alpha value is -1.77. The van der Waals surface area contributed by atoms with Crippen molar-refractivity contribution >= 4 is 19.5 Å². The summed E-state index contributed by atoms with van der Waals surface area (Å²) in [6.45, 7) is 4.57. The molecule has 0 aliphatic heterocycles. The molecule has 0 aliphatic carbocycles. The van der Waals surface area contributed by atoms with E-state index in [1.807, 2.05) is 0 Å². The summed E-state index contributed by atoms with van der Waals surface area (Å²) in [5.74, 6) is -14.0. The highest BCUT2D eigenvalue weighted by molar-refractivity contribution is 6.85. The highest BCUT2D eigenvalue weighted by Crippen LogP contribution is 2.21. The van der Waals surface area contributed by atoms with Gasteiger partial charge in [-0.1, -0.05) is 6.58 Å². The van der Waals surface area contributed by atoms with E-state index in [4.69, 9.17) is 0 Å². The zero-order chi connectivity index (χ0) is 15.8. The molecule has 0 spiro atoms. The molecule has 0 fully saturated rings. The van der Waals surface area contributed by atoms with Crippen LogP contribution in [0.15, 0.2) is 12.4 Å². The molecule has 0 saturated carbocycles. The Morgan fingerprint density at radius 1 is 0.950 bits per heavy atom. The first-order valence-electron chi connectivity index (χ1n) is 5.10. The molecule has 1 aromatic carbocycles. The van der Waals surface area contributed by atoms with Gasteiger partial charge in [-0.3, -0.25) is 0 Å². The van der Waals surface area contributed by atoms with Crippen LogP contribution in [0.5, 0.6) is 0 Å². The maximum atomic E-state index is 13.6. The highest BCUT2D eigenvalue weighted by Gasteiger charge is 2.40. The third-order valence-corrected chi connectivity index (χ3v) is 4.72. The molecule has 20 heavy (non-hydrogen) atoms. The summed E-state index contributed by atoms with van der Waals surface area (Å²) in [5, 5.41) is -1.25. The maximum Gasteiger partial charge on any atom is 0.353 e. The Morgan fingerprint density at radius 3 is 1.65 bits per heavy atom. The van der Waals surface area contributed by atoms with Crippen molar-refractivity contribution in [3.05, 3.63) is 41.5 Å². The van der Waals surface area contributed by atoms with Crippen LogP contribution in [0.1, 0.15) is 0 Å². The molecular weight excluding hydrogens is 306 g/mol. The van der Waals surface area contributed by atoms with Crippen molar-refractivity contribution < 1.29 is 35.6 Å². The SMILES string of the molecule is C=C(F)C(=O)O[Si](C)(C)c1c(F)c(F)c(F)c(F)c1F. The first-order valence-corrected chi connectivity index (χ1v) is 8.01. The van der Waals surface area contributed by atoms with Crippen molar-refractivity contribution in [1.29, 1.82) is 0 Å². The van der Waals surface area contributed by atoms with Gasteiger partial charge >= 0.3 is 5.97 Å². The third-order valence-electron chi connectivity index (χ3n) is 2.38. The fourth-order valence-electron chi connectivity index (χ4n) is 1.47. The lowest BCUT2D eigenvalue weighted by Gasteiger charge is -2.24. The topological polar surface area (TPSA) is 26.3 Å². The lowest BCUT2D eigenvalue weighted by molar-refractivity contribution is -0.132. The molecular formula is C11H8F6O2Si. The summed E-state index contributed by atoms with van der Waals surface area (Å²) in [6.07, 6.45) is 0. The van der Waals surface area contributed by atoms with Crippen molar-refractivity contribution in [3.63, 3.8) is 0 Å². The Bertz CT molecular complexity index is 570. The summed E-state index contributed by atoms with van der Waals surface area (Å²) in [5.41, 5.74) is 0. The van der Waals surface area contributed by atoms with E-state index >= 15 is 0 Å². The molecule has 9 heteroatoms. The maximum absolute atomic E-state index is 13.6. The fraction of sp³-hybridized carbons (Fsp3) is 0.182. The summed E-state index contributed by atoms with van der Waals surface area (Å²) < 4.78 is 83.1. The van der Waals surface area contributed by atoms with Crippen LogP contribution in [-0.4, -0.2) is 14.3 Å². The van der Waals surface area contributed by atoms with Crippen molar-refractivity contribution in [2.45, 2.75) is 13.1 Å². The van der Waals surface area contributed by atoms with E-state index in [0.29, 0.717) is 0 Å². The van der Waals surface area contributed by atoms with Gasteiger partial charge in [-0.05, 0) is 13.1 Å². The van der Waals surface area contributed by atoms with Crippen LogP contribution in [0.25, 0.3) is 0 Å². The average molecular weight is 314 g/mol. The number of rotatable bonds is 3. The molecule has 0 unspecified atom stereocenters. The second-order valence-electron chi connectivity index (χ2n) is 4.25. The Morgan fingerprint density at radius 2 is 1.30 bits per heavy atom. The van der Waals surface area contributed by atoms with Crippen LogP contribution in [0.2, 0.25) is 13.1 Å². The largest absolute Gasteiger partial charge is 0.510 e. The summed E-state index contributed by atoms with van der Waals surface area (Å²) in [4.78, 5) is 11.0. The van der Waals surface area contributed by atoms with Gasteiger partial charge in [-0.25, -0.2) is 26.7 Å². The minimum absolute atomic E-state index is 0.978. The van der Waals surface area contributed by atoms with Crippen molar-refractivity contribution in [2.75, 3.05) is 0 Å². The van der Waals surface area contributed by atoms with E-state index in [-0.39, 0.29) is 0 Å². The molecule has 0 N–H and O–H groups in total. The van der Waals surface area contributed by atoms with Gasteiger partial charge in [0.2, 0.25) is 5.82 Å². The molecule has 0 amide bonds. The molecule has 110 valence electrons. The van der Waals surface area contributed by atoms with Crippen LogP contribution in [0.3, 0.4) is 0 Å². The van der Waals surface area contributed by atoms with Crippen LogP contribution in [0, 0.1) is 29.1 Å². The van der Waals surface area contributed by atoms with E-state index in [0.717, 1.165) is 13.1 Å². The van der Waals surface area contributed by atoms with Crippen LogP contribution in [0.4, 0.5) is 26.3 Å². The molecule has 0 heterocycles. The molecule has 0 aliphatic rings. The molecule has 1 rings (SSSR count). The van der Waals surface area contributed by atoms with Crippen molar-refractivity contribution in [3.8, 4) is 0 Å². The van der Waals surface area contributed by atoms with E-state index in [1.165, 1.54) is 0 Å². The Kier molecular flexibility index (Phi) is 4.32. The lowest BCUT2D eigenvalue weighted by Crippen LogP contribution is -2.51. The molecule has 0 radical (unpaired) electrons. The number of carbonyl (C=O) groups is 1. The standard InChI is InChI=1S/C11H8F6O2Si/c1-4(12)11(18)19-20(2,3)10-8(16)6(14)5(13)7(15)9(10)17/h1H2,2-3H3. The van der Waals surface area contributed by atoms with Gasteiger partial charge in [0, 0.05) is 0 Å². The van der Waals surface area contributed by atoms with Crippen LogP contribution in [-0.2, 0) is 9.22 Å². The molecule has 1 aromatic rings. The van der Waals surface area contributed by atoms with Gasteiger partial charge in [-0.2, -0.15) is 4.39 Å². The van der Waals surface area contributed by atoms with Gasteiger partial charge in [-0.15, -0.1) is 0 Å². The van der Waals surface area contributed by atoms with E-state index in [9.17, 15) is 31.1 Å². The second-order valence-corrected chi connectivity index (χ2v) is 7.97. The second kappa shape index (κ2) is 5.31. The monoisotopic (exact) mass is 314 g/mol. The number of carbonyl (C=O) groups excluding carboxylic acids is 1. The number of halogens is 6. The quantitative estimate of drug-likeness (QED) is 0.282. The summed E-state index contributed by atoms with van der Waals surface area (Å²) in [7, 11) is -3.93. The minimum atomic E-state index is -3.93. The molecule has 0 saturated heterocycles. The highest BCUT2D eigenvalue weighted by atomic mass is 28.4. The number of benzene rings is 1. The Balaban J connectivity index is 3.46. The van der Waals surface area contributed by atoms with Gasteiger partial charge in [0.25, 0.3) is 8.32 Å². The normalized spacial score (nSPS) is 11.4. The van der Waals surface area contributed by atoms with Gasteiger partial charge in [0.15, 0.2) is 29.1 Å². The predicted molar refractivity (Wildman–Crippen MR) is 59.7 cm³/mol. The predicted octanol–water partition coefficient (Wildman–Crippen LogP) is 2.82. The van der Waals surface area contributed by atoms with Gasteiger partial charge in [0.1, 0.15) is 0 Å². The zero-order valence-electron chi connectivity index (χ0n) is 10.3. The lowest BCUT2D eigenvalue weighted by atomic mass is 10.3. The van der Waals surface area contributed by atoms with Gasteiger partial charge < -0.3 is 4.43 Å². The minimum Gasteiger partial charge on any atom is -0.510 e. The summed E-state index contributed by atoms with van der Waals surface area (Å²) >= 11 is 0. The third kappa shape index (κ3) is 2.71. The van der Waals surface area contributed by atoms with Crippen LogP contribution < -0.4 is 5.19 Å². The Labute approximate surface area is 110 Å². The smallest absolute Gasteiger partial charge is 0.353 e. The van der Waals surface area contributed by atoms with E-state index < -0.39 is 54.4 Å². The first kappa shape index (κ1) is 16.3. The van der Waals surface area contributed by atoms with Crippen molar-refractivity contribution in [2.24, 2.45) is 0 Å². The zero-order valence-corrected chi connectivity index (χ0v) is 11.3. The van der Waals surface area contributed by atoms with E-state index in [2.05, 4.69) is 11.0 Å². The van der Waals surface area contributed by atoms with Crippen molar-refractivity contribution in [1.82, 2.24) is 0 Å². The molecule has 0 aromatic heterocycles. The fourth-order valence-corrected chi connectivity index (χ4v) is 3.42. The summed E-state index contributed by atoms with van der Waals surface area (Å²) in [6, 6.07) is 0. The average Bonchev–Trinajstić information content (AvgIpc) is 2.33.